The molecule has 0 bridgehead atoms. The molecule has 4 aromatic rings. The summed E-state index contributed by atoms with van der Waals surface area (Å²) in [7, 11) is -1.48. The Morgan fingerprint density at radius 1 is 1.03 bits per heavy atom. The third kappa shape index (κ3) is 5.49. The molecule has 9 heteroatoms. The van der Waals surface area contributed by atoms with E-state index in [4.69, 9.17) is 4.74 Å². The van der Waals surface area contributed by atoms with Gasteiger partial charge in [0.25, 0.3) is 0 Å². The molecule has 2 heterocycles. The molecular formula is C25H24N4O4S. The number of amides is 1. The molecule has 4 rings (SSSR count). The molecule has 1 atom stereocenters. The number of rotatable bonds is 9. The van der Waals surface area contributed by atoms with Crippen LogP contribution < -0.4 is 5.32 Å². The third-order valence-electron chi connectivity index (χ3n) is 4.93. The Morgan fingerprint density at radius 2 is 1.79 bits per heavy atom. The van der Waals surface area contributed by atoms with Gasteiger partial charge in [0.15, 0.2) is 0 Å². The van der Waals surface area contributed by atoms with E-state index in [0.29, 0.717) is 11.3 Å². The zero-order valence-electron chi connectivity index (χ0n) is 18.6. The van der Waals surface area contributed by atoms with Crippen LogP contribution in [0.4, 0.5) is 5.69 Å². The lowest BCUT2D eigenvalue weighted by Gasteiger charge is -2.11. The fourth-order valence-corrected chi connectivity index (χ4v) is 4.51. The minimum Gasteiger partial charge on any atom is -0.462 e. The monoisotopic (exact) mass is 476 g/mol. The first kappa shape index (κ1) is 23.2. The van der Waals surface area contributed by atoms with Crippen molar-refractivity contribution in [3.05, 3.63) is 96.4 Å². The summed E-state index contributed by atoms with van der Waals surface area (Å²) >= 11 is 0. The van der Waals surface area contributed by atoms with Crippen LogP contribution in [0.3, 0.4) is 0 Å². The summed E-state index contributed by atoms with van der Waals surface area (Å²) in [5, 5.41) is 7.20. The average Bonchev–Trinajstić information content (AvgIpc) is 3.49. The molecule has 8 nitrogen and oxygen atoms in total. The van der Waals surface area contributed by atoms with E-state index in [2.05, 4.69) is 10.4 Å². The van der Waals surface area contributed by atoms with Crippen molar-refractivity contribution in [1.82, 2.24) is 14.3 Å². The van der Waals surface area contributed by atoms with Gasteiger partial charge in [0.2, 0.25) is 5.91 Å². The maximum absolute atomic E-state index is 12.9. The summed E-state index contributed by atoms with van der Waals surface area (Å²) in [6.07, 6.45) is 5.47. The summed E-state index contributed by atoms with van der Waals surface area (Å²) in [6, 6.07) is 19.9. The van der Waals surface area contributed by atoms with Gasteiger partial charge in [-0.05, 0) is 49.4 Å². The van der Waals surface area contributed by atoms with Crippen molar-refractivity contribution in [2.24, 2.45) is 0 Å². The average molecular weight is 477 g/mol. The summed E-state index contributed by atoms with van der Waals surface area (Å²) in [5.41, 5.74) is 2.42. The summed E-state index contributed by atoms with van der Waals surface area (Å²) < 4.78 is 21.6. The molecular weight excluding hydrogens is 452 g/mol. The van der Waals surface area contributed by atoms with Gasteiger partial charge in [0.1, 0.15) is 11.6 Å². The van der Waals surface area contributed by atoms with E-state index in [1.807, 2.05) is 59.4 Å². The van der Waals surface area contributed by atoms with Crippen molar-refractivity contribution in [2.75, 3.05) is 17.7 Å². The Kier molecular flexibility index (Phi) is 7.34. The largest absolute Gasteiger partial charge is 0.462 e. The third-order valence-corrected chi connectivity index (χ3v) is 6.15. The van der Waals surface area contributed by atoms with E-state index in [1.54, 1.807) is 36.0 Å². The second kappa shape index (κ2) is 10.8. The van der Waals surface area contributed by atoms with Gasteiger partial charge in [0, 0.05) is 34.4 Å². The van der Waals surface area contributed by atoms with Gasteiger partial charge in [-0.15, -0.1) is 0 Å². The molecule has 1 amide bonds. The van der Waals surface area contributed by atoms with Crippen LogP contribution >= 0.6 is 0 Å². The molecule has 2 aromatic carbocycles. The lowest BCUT2D eigenvalue weighted by atomic mass is 10.2. The van der Waals surface area contributed by atoms with Crippen LogP contribution in [0.1, 0.15) is 22.8 Å². The molecule has 0 saturated heterocycles. The zero-order valence-corrected chi connectivity index (χ0v) is 19.4. The van der Waals surface area contributed by atoms with Crippen molar-refractivity contribution in [1.29, 1.82) is 0 Å². The topological polar surface area (TPSA) is 95.2 Å². The first-order valence-corrected chi connectivity index (χ1v) is 12.2. The van der Waals surface area contributed by atoms with E-state index < -0.39 is 22.7 Å². The molecule has 0 aliphatic carbocycles. The van der Waals surface area contributed by atoms with Crippen LogP contribution in [-0.2, 0) is 26.1 Å². The highest BCUT2D eigenvalue weighted by Crippen LogP contribution is 2.21. The zero-order chi connectivity index (χ0) is 23.9. The van der Waals surface area contributed by atoms with E-state index in [-0.39, 0.29) is 18.1 Å². The first-order valence-electron chi connectivity index (χ1n) is 10.7. The van der Waals surface area contributed by atoms with Crippen LogP contribution in [0.2, 0.25) is 0 Å². The Balaban J connectivity index is 1.46. The van der Waals surface area contributed by atoms with E-state index in [9.17, 15) is 13.8 Å². The minimum absolute atomic E-state index is 0.163. The fraction of sp³-hybridized carbons (Fsp3) is 0.160. The second-order valence-electron chi connectivity index (χ2n) is 7.41. The maximum atomic E-state index is 12.9. The van der Waals surface area contributed by atoms with Crippen molar-refractivity contribution in [2.45, 2.75) is 12.7 Å². The number of ether oxygens (including phenoxy) is 1. The second-order valence-corrected chi connectivity index (χ2v) is 8.87. The van der Waals surface area contributed by atoms with Gasteiger partial charge in [-0.1, -0.05) is 24.3 Å². The number of anilines is 1. The summed E-state index contributed by atoms with van der Waals surface area (Å²) in [4.78, 5) is 24.4. The number of aromatic nitrogens is 3. The predicted octanol–water partition coefficient (Wildman–Crippen LogP) is 3.73. The van der Waals surface area contributed by atoms with Crippen molar-refractivity contribution >= 4 is 28.4 Å². The molecule has 34 heavy (non-hydrogen) atoms. The number of esters is 1. The SMILES string of the molecule is CCOC(=O)c1cccc(NC(=O)C[S@@](=O)Cc2cnn(-c3ccccc3)c2-n2cccc2)c1. The van der Waals surface area contributed by atoms with Crippen LogP contribution in [0.25, 0.3) is 11.5 Å². The first-order chi connectivity index (χ1) is 16.5. The Labute approximate surface area is 199 Å². The number of nitrogens with one attached hydrogen (secondary N) is 1. The highest BCUT2D eigenvalue weighted by atomic mass is 32.2. The highest BCUT2D eigenvalue weighted by Gasteiger charge is 2.18. The molecule has 1 N–H and O–H groups in total. The molecule has 0 fully saturated rings. The molecule has 0 aliphatic rings. The molecule has 0 radical (unpaired) electrons. The van der Waals surface area contributed by atoms with Gasteiger partial charge < -0.3 is 14.6 Å². The minimum atomic E-state index is -1.48. The number of hydrogen-bond donors (Lipinski definition) is 1. The lowest BCUT2D eigenvalue weighted by molar-refractivity contribution is -0.113. The van der Waals surface area contributed by atoms with Crippen LogP contribution in [0.15, 0.2) is 85.3 Å². The summed E-state index contributed by atoms with van der Waals surface area (Å²) in [5.74, 6) is -0.124. The Bertz CT molecular complexity index is 1300. The molecule has 0 spiro atoms. The molecule has 0 aliphatic heterocycles. The quantitative estimate of drug-likeness (QED) is 0.372. The number of benzene rings is 2. The predicted molar refractivity (Wildman–Crippen MR) is 131 cm³/mol. The van der Waals surface area contributed by atoms with E-state index in [0.717, 1.165) is 17.1 Å². The smallest absolute Gasteiger partial charge is 0.338 e. The fourth-order valence-electron chi connectivity index (χ4n) is 3.49. The number of para-hydroxylation sites is 1. The van der Waals surface area contributed by atoms with Gasteiger partial charge in [-0.3, -0.25) is 9.00 Å². The number of nitrogens with zero attached hydrogens (tertiary/aromatic N) is 3. The number of carbonyl (C=O) groups is 2. The Morgan fingerprint density at radius 3 is 2.53 bits per heavy atom. The molecule has 0 saturated carbocycles. The lowest BCUT2D eigenvalue weighted by Crippen LogP contribution is -2.20. The van der Waals surface area contributed by atoms with Crippen molar-refractivity contribution in [3.63, 3.8) is 0 Å². The number of hydrogen-bond acceptors (Lipinski definition) is 5. The van der Waals surface area contributed by atoms with E-state index >= 15 is 0 Å². The highest BCUT2D eigenvalue weighted by molar-refractivity contribution is 7.85. The van der Waals surface area contributed by atoms with Gasteiger partial charge in [-0.2, -0.15) is 5.10 Å². The normalized spacial score (nSPS) is 11.7. The summed E-state index contributed by atoms with van der Waals surface area (Å²) in [6.45, 7) is 1.99. The van der Waals surface area contributed by atoms with Gasteiger partial charge in [0.05, 0.1) is 29.8 Å². The molecule has 174 valence electrons. The van der Waals surface area contributed by atoms with Crippen LogP contribution in [0.5, 0.6) is 0 Å². The van der Waals surface area contributed by atoms with Crippen LogP contribution in [0, 0.1) is 0 Å². The van der Waals surface area contributed by atoms with Crippen molar-refractivity contribution in [3.8, 4) is 11.5 Å². The van der Waals surface area contributed by atoms with E-state index in [1.165, 1.54) is 6.07 Å². The van der Waals surface area contributed by atoms with Gasteiger partial charge in [-0.25, -0.2) is 9.48 Å². The molecule has 0 unspecified atom stereocenters. The Hall–Kier alpha value is -3.98. The van der Waals surface area contributed by atoms with Crippen molar-refractivity contribution < 1.29 is 18.5 Å². The maximum Gasteiger partial charge on any atom is 0.338 e. The van der Waals surface area contributed by atoms with Gasteiger partial charge >= 0.3 is 5.97 Å². The molecule has 2 aromatic heterocycles. The van der Waals surface area contributed by atoms with Crippen LogP contribution in [-0.4, -0.2) is 42.8 Å². The number of carbonyl (C=O) groups excluding carboxylic acids is 2. The standard InChI is InChI=1S/C25H24N4O4S/c1-2-33-25(31)19-9-8-10-21(15-19)27-23(30)18-34(32)17-20-16-26-29(22-11-4-3-5-12-22)24(20)28-13-6-7-14-28/h3-16H,2,17-18H2,1H3,(H,27,30)/t34-/m0/s1.